The molecule has 0 bridgehead atoms. The molecule has 0 aliphatic rings. The van der Waals surface area contributed by atoms with Crippen molar-refractivity contribution in [3.63, 3.8) is 0 Å². The first kappa shape index (κ1) is 24.8. The highest BCUT2D eigenvalue weighted by molar-refractivity contribution is 5.88. The van der Waals surface area contributed by atoms with E-state index >= 15 is 0 Å². The third kappa shape index (κ3) is 5.30. The van der Waals surface area contributed by atoms with E-state index in [0.29, 0.717) is 40.1 Å². The lowest BCUT2D eigenvalue weighted by Crippen LogP contribution is -2.13. The summed E-state index contributed by atoms with van der Waals surface area (Å²) in [6, 6.07) is 21.5. The van der Waals surface area contributed by atoms with E-state index in [2.05, 4.69) is 10.1 Å². The molecule has 10 heteroatoms. The average molecular weight is 516 g/mol. The molecular weight excluding hydrogens is 490 g/mol. The summed E-state index contributed by atoms with van der Waals surface area (Å²) in [6.45, 7) is 1.87. The zero-order chi connectivity index (χ0) is 26.5. The zero-order valence-electron chi connectivity index (χ0n) is 21.0. The van der Waals surface area contributed by atoms with Crippen molar-refractivity contribution in [3.05, 3.63) is 102 Å². The van der Waals surface area contributed by atoms with Crippen LogP contribution in [-0.2, 0) is 16.1 Å². The number of aromatic nitrogens is 3. The third-order valence-corrected chi connectivity index (χ3v) is 5.67. The van der Waals surface area contributed by atoms with Crippen molar-refractivity contribution in [1.82, 2.24) is 14.8 Å². The summed E-state index contributed by atoms with van der Waals surface area (Å²) in [4.78, 5) is 17.0. The molecule has 38 heavy (non-hydrogen) atoms. The summed E-state index contributed by atoms with van der Waals surface area (Å²) in [6.07, 6.45) is 0.632. The van der Waals surface area contributed by atoms with Crippen molar-refractivity contribution in [2.75, 3.05) is 14.2 Å². The lowest BCUT2D eigenvalue weighted by Gasteiger charge is -2.18. The number of benzene rings is 2. The molecule has 0 N–H and O–H groups in total. The van der Waals surface area contributed by atoms with Crippen LogP contribution in [-0.4, -0.2) is 35.0 Å². The van der Waals surface area contributed by atoms with Gasteiger partial charge in [0.25, 0.3) is 5.89 Å². The van der Waals surface area contributed by atoms with Gasteiger partial charge in [-0.3, -0.25) is 0 Å². The van der Waals surface area contributed by atoms with Gasteiger partial charge in [0.15, 0.2) is 11.5 Å². The molecule has 1 atom stereocenters. The summed E-state index contributed by atoms with van der Waals surface area (Å²) in [5.74, 6) is 1.69. The Labute approximate surface area is 218 Å². The maximum atomic E-state index is 12.5. The van der Waals surface area contributed by atoms with Crippen molar-refractivity contribution in [3.8, 4) is 29.0 Å². The number of ether oxygens (including phenoxy) is 4. The van der Waals surface area contributed by atoms with Crippen LogP contribution in [0.5, 0.6) is 11.6 Å². The van der Waals surface area contributed by atoms with Crippen LogP contribution in [0.25, 0.3) is 17.3 Å². The molecule has 0 saturated carbocycles. The Morgan fingerprint density at radius 3 is 2.61 bits per heavy atom. The number of hydrogen-bond donors (Lipinski definition) is 0. The van der Waals surface area contributed by atoms with Crippen LogP contribution < -0.4 is 9.47 Å². The molecule has 10 nitrogen and oxygen atoms in total. The highest BCUT2D eigenvalue weighted by atomic mass is 16.7. The van der Waals surface area contributed by atoms with Crippen molar-refractivity contribution in [2.45, 2.75) is 19.8 Å². The molecule has 0 spiro atoms. The number of para-hydroxylation sites is 1. The van der Waals surface area contributed by atoms with Gasteiger partial charge in [-0.25, -0.2) is 14.5 Å². The largest absolute Gasteiger partial charge is 0.497 e. The number of esters is 1. The first-order valence-electron chi connectivity index (χ1n) is 11.7. The van der Waals surface area contributed by atoms with Gasteiger partial charge in [-0.15, -0.1) is 5.10 Å². The quantitative estimate of drug-likeness (QED) is 0.175. The second-order valence-corrected chi connectivity index (χ2v) is 8.14. The van der Waals surface area contributed by atoms with Crippen LogP contribution in [0.15, 0.2) is 87.9 Å². The van der Waals surface area contributed by atoms with Crippen molar-refractivity contribution in [2.24, 2.45) is 0 Å². The maximum Gasteiger partial charge on any atom is 0.356 e. The smallest absolute Gasteiger partial charge is 0.356 e. The van der Waals surface area contributed by atoms with Gasteiger partial charge in [0, 0.05) is 11.6 Å². The fourth-order valence-electron chi connectivity index (χ4n) is 3.75. The van der Waals surface area contributed by atoms with Crippen molar-refractivity contribution < 1.29 is 32.6 Å². The molecule has 5 rings (SSSR count). The second-order valence-electron chi connectivity index (χ2n) is 8.14. The zero-order valence-corrected chi connectivity index (χ0v) is 21.0. The molecule has 3 heterocycles. The number of carbonyl (C=O) groups excluding carboxylic acids is 1. The van der Waals surface area contributed by atoms with Gasteiger partial charge in [-0.1, -0.05) is 30.3 Å². The van der Waals surface area contributed by atoms with E-state index in [9.17, 15) is 4.79 Å². The summed E-state index contributed by atoms with van der Waals surface area (Å²) >= 11 is 0. The van der Waals surface area contributed by atoms with Crippen LogP contribution in [0.2, 0.25) is 0 Å². The van der Waals surface area contributed by atoms with Crippen LogP contribution in [0.1, 0.15) is 33.8 Å². The van der Waals surface area contributed by atoms with E-state index in [1.807, 2.05) is 48.5 Å². The number of furan rings is 1. The Bertz CT molecular complexity index is 1510. The predicted molar refractivity (Wildman–Crippen MR) is 135 cm³/mol. The standard InChI is InChI=1S/C28H25N3O7/c1-18-22(29-26(37-18)24-13-8-14-35-24)17-36-28(19-9-7-12-21(15-19)33-2)38-25-16-23(27(32)34-3)31(30-25)20-10-5-4-6-11-20/h4-16,28H,17H2,1-3H3. The molecule has 0 fully saturated rings. The highest BCUT2D eigenvalue weighted by Gasteiger charge is 2.23. The van der Waals surface area contributed by atoms with Crippen LogP contribution in [0.4, 0.5) is 0 Å². The van der Waals surface area contributed by atoms with E-state index < -0.39 is 12.3 Å². The van der Waals surface area contributed by atoms with Gasteiger partial charge >= 0.3 is 5.97 Å². The summed E-state index contributed by atoms with van der Waals surface area (Å²) in [5.41, 5.74) is 2.13. The van der Waals surface area contributed by atoms with Gasteiger partial charge in [-0.05, 0) is 43.3 Å². The predicted octanol–water partition coefficient (Wildman–Crippen LogP) is 5.52. The maximum absolute atomic E-state index is 12.5. The van der Waals surface area contributed by atoms with Gasteiger partial charge in [-0.2, -0.15) is 0 Å². The summed E-state index contributed by atoms with van der Waals surface area (Å²) < 4.78 is 35.3. The van der Waals surface area contributed by atoms with Gasteiger partial charge < -0.3 is 27.8 Å². The molecule has 194 valence electrons. The first-order chi connectivity index (χ1) is 18.6. The van der Waals surface area contributed by atoms with E-state index in [4.69, 9.17) is 27.8 Å². The number of carbonyl (C=O) groups is 1. The molecule has 0 saturated heterocycles. The van der Waals surface area contributed by atoms with Crippen LogP contribution in [0, 0.1) is 6.92 Å². The normalized spacial score (nSPS) is 11.8. The van der Waals surface area contributed by atoms with E-state index in [1.165, 1.54) is 17.9 Å². The monoisotopic (exact) mass is 515 g/mol. The van der Waals surface area contributed by atoms with E-state index in [1.54, 1.807) is 38.5 Å². The SMILES string of the molecule is COC(=O)c1cc(OC(OCc2nc(-c3ccco3)oc2C)c2cccc(OC)c2)nn1-c1ccccc1. The van der Waals surface area contributed by atoms with Crippen LogP contribution in [0.3, 0.4) is 0 Å². The van der Waals surface area contributed by atoms with Crippen LogP contribution >= 0.6 is 0 Å². The molecule has 1 unspecified atom stereocenters. The first-order valence-corrected chi connectivity index (χ1v) is 11.7. The number of nitrogens with zero attached hydrogens (tertiary/aromatic N) is 3. The van der Waals surface area contributed by atoms with E-state index in [-0.39, 0.29) is 18.2 Å². The van der Waals surface area contributed by atoms with Crippen molar-refractivity contribution >= 4 is 5.97 Å². The number of methoxy groups -OCH3 is 2. The van der Waals surface area contributed by atoms with Gasteiger partial charge in [0.05, 0.1) is 32.8 Å². The molecule has 0 aliphatic carbocycles. The van der Waals surface area contributed by atoms with E-state index in [0.717, 1.165) is 0 Å². The summed E-state index contributed by atoms with van der Waals surface area (Å²) in [7, 11) is 2.89. The molecule has 2 aromatic carbocycles. The molecule has 0 amide bonds. The Morgan fingerprint density at radius 2 is 1.87 bits per heavy atom. The Morgan fingerprint density at radius 1 is 1.03 bits per heavy atom. The Hall–Kier alpha value is -4.83. The second kappa shape index (κ2) is 11.1. The number of rotatable bonds is 10. The fourth-order valence-corrected chi connectivity index (χ4v) is 3.75. The minimum atomic E-state index is -0.919. The molecule has 3 aromatic heterocycles. The molecule has 0 radical (unpaired) electrons. The number of oxazole rings is 1. The minimum Gasteiger partial charge on any atom is -0.497 e. The topological polar surface area (TPSA) is 111 Å². The average Bonchev–Trinajstić information content (AvgIpc) is 3.71. The highest BCUT2D eigenvalue weighted by Crippen LogP contribution is 2.29. The molecule has 5 aromatic rings. The third-order valence-electron chi connectivity index (χ3n) is 5.67. The number of aryl methyl sites for hydroxylation is 1. The lowest BCUT2D eigenvalue weighted by molar-refractivity contribution is -0.0963. The summed E-state index contributed by atoms with van der Waals surface area (Å²) in [5, 5.41) is 4.50. The Balaban J connectivity index is 1.45. The Kier molecular flexibility index (Phi) is 7.23. The fraction of sp³-hybridized carbons (Fsp3) is 0.179. The van der Waals surface area contributed by atoms with Crippen molar-refractivity contribution in [1.29, 1.82) is 0 Å². The van der Waals surface area contributed by atoms with Gasteiger partial charge in [0.2, 0.25) is 12.2 Å². The molecular formula is C28H25N3O7. The van der Waals surface area contributed by atoms with Gasteiger partial charge in [0.1, 0.15) is 17.2 Å². The number of hydrogen-bond acceptors (Lipinski definition) is 9. The minimum absolute atomic E-state index is 0.0706. The molecule has 0 aliphatic heterocycles. The lowest BCUT2D eigenvalue weighted by atomic mass is 10.2.